The Labute approximate surface area is 112 Å². The van der Waals surface area contributed by atoms with Crippen molar-refractivity contribution in [2.75, 3.05) is 26.4 Å². The van der Waals surface area contributed by atoms with E-state index in [1.54, 1.807) is 6.92 Å². The molecule has 1 atom stereocenters. The molecule has 0 aliphatic carbocycles. The van der Waals surface area contributed by atoms with Crippen molar-refractivity contribution in [1.82, 2.24) is 0 Å². The lowest BCUT2D eigenvalue weighted by Crippen LogP contribution is -2.09. The number of aliphatic hydroxyl groups is 3. The van der Waals surface area contributed by atoms with E-state index in [0.717, 1.165) is 19.6 Å². The summed E-state index contributed by atoms with van der Waals surface area (Å²) in [6.07, 6.45) is -0.104. The molecule has 5 heteroatoms. The van der Waals surface area contributed by atoms with Gasteiger partial charge in [-0.2, -0.15) is 0 Å². The summed E-state index contributed by atoms with van der Waals surface area (Å²) >= 11 is 0. The van der Waals surface area contributed by atoms with Gasteiger partial charge < -0.3 is 24.8 Å². The molecule has 0 fully saturated rings. The van der Waals surface area contributed by atoms with E-state index in [2.05, 4.69) is 0 Å². The van der Waals surface area contributed by atoms with Crippen molar-refractivity contribution < 1.29 is 24.8 Å². The average Bonchev–Trinajstić information content (AvgIpc) is 2.29. The molecule has 0 aromatic heterocycles. The molecule has 3 N–H and O–H groups in total. The van der Waals surface area contributed by atoms with E-state index in [1.807, 2.05) is 27.7 Å². The monoisotopic (exact) mass is 268 g/mol. The maximum Gasteiger partial charge on any atom is 0.151 e. The van der Waals surface area contributed by atoms with Crippen LogP contribution in [0.1, 0.15) is 47.5 Å². The van der Waals surface area contributed by atoms with E-state index in [4.69, 9.17) is 24.8 Å². The molecule has 0 saturated heterocycles. The third-order valence-electron chi connectivity index (χ3n) is 1.52. The highest BCUT2D eigenvalue weighted by Crippen LogP contribution is 1.88. The minimum atomic E-state index is -1.10. The van der Waals surface area contributed by atoms with E-state index < -0.39 is 6.29 Å². The summed E-state index contributed by atoms with van der Waals surface area (Å²) in [5, 5.41) is 24.8. The lowest BCUT2D eigenvalue weighted by molar-refractivity contribution is -0.0453. The molecule has 0 radical (unpaired) electrons. The van der Waals surface area contributed by atoms with Gasteiger partial charge in [0.1, 0.15) is 0 Å². The van der Waals surface area contributed by atoms with E-state index in [9.17, 15) is 0 Å². The zero-order chi connectivity index (χ0) is 14.8. The summed E-state index contributed by atoms with van der Waals surface area (Å²) in [5.74, 6) is 0. The van der Waals surface area contributed by atoms with E-state index in [1.165, 1.54) is 0 Å². The van der Waals surface area contributed by atoms with E-state index in [-0.39, 0.29) is 6.10 Å². The van der Waals surface area contributed by atoms with Crippen molar-refractivity contribution in [2.45, 2.75) is 59.9 Å². The van der Waals surface area contributed by atoms with Crippen molar-refractivity contribution in [1.29, 1.82) is 0 Å². The minimum Gasteiger partial charge on any atom is -0.391 e. The molecule has 18 heavy (non-hydrogen) atoms. The van der Waals surface area contributed by atoms with Gasteiger partial charge in [0.25, 0.3) is 0 Å². The highest BCUT2D eigenvalue weighted by Gasteiger charge is 1.90. The van der Waals surface area contributed by atoms with Crippen LogP contribution in [0, 0.1) is 0 Å². The topological polar surface area (TPSA) is 79.2 Å². The van der Waals surface area contributed by atoms with Gasteiger partial charge in [-0.25, -0.2) is 0 Å². The molecule has 0 spiro atoms. The maximum absolute atomic E-state index is 8.56. The molecule has 0 aromatic carbocycles. The summed E-state index contributed by atoms with van der Waals surface area (Å²) in [6, 6.07) is 0. The lowest BCUT2D eigenvalue weighted by Gasteiger charge is -2.00. The SMILES string of the molecule is CCCC(O)O.CCOCC.CCOCC(C)O. The largest absolute Gasteiger partial charge is 0.391 e. The summed E-state index contributed by atoms with van der Waals surface area (Å²) in [7, 11) is 0. The Hall–Kier alpha value is -0.200. The van der Waals surface area contributed by atoms with Crippen LogP contribution in [0.15, 0.2) is 0 Å². The highest BCUT2D eigenvalue weighted by molar-refractivity contribution is 4.38. The Kier molecular flexibility index (Phi) is 28.1. The first-order valence-corrected chi connectivity index (χ1v) is 6.65. The fraction of sp³-hybridized carbons (Fsp3) is 1.00. The predicted molar refractivity (Wildman–Crippen MR) is 73.5 cm³/mol. The molecule has 0 heterocycles. The van der Waals surface area contributed by atoms with Gasteiger partial charge in [-0.3, -0.25) is 0 Å². The third kappa shape index (κ3) is 44.7. The fourth-order valence-corrected chi connectivity index (χ4v) is 0.751. The van der Waals surface area contributed by atoms with Crippen LogP contribution in [0.3, 0.4) is 0 Å². The summed E-state index contributed by atoms with van der Waals surface area (Å²) in [5.41, 5.74) is 0. The van der Waals surface area contributed by atoms with Crippen LogP contribution in [0.5, 0.6) is 0 Å². The molecule has 0 rings (SSSR count). The average molecular weight is 268 g/mol. The van der Waals surface area contributed by atoms with Crippen LogP contribution < -0.4 is 0 Å². The van der Waals surface area contributed by atoms with Crippen molar-refractivity contribution in [2.24, 2.45) is 0 Å². The highest BCUT2D eigenvalue weighted by atomic mass is 16.5. The van der Waals surface area contributed by atoms with Gasteiger partial charge in [0, 0.05) is 19.8 Å². The molecule has 0 amide bonds. The Bertz CT molecular complexity index is 116. The number of hydrogen-bond donors (Lipinski definition) is 3. The molecule has 0 bridgehead atoms. The molecule has 1 unspecified atom stereocenters. The van der Waals surface area contributed by atoms with Gasteiger partial charge >= 0.3 is 0 Å². The van der Waals surface area contributed by atoms with Gasteiger partial charge in [-0.1, -0.05) is 13.3 Å². The molecule has 114 valence electrons. The molecule has 0 aliphatic heterocycles. The molecule has 0 saturated carbocycles. The summed E-state index contributed by atoms with van der Waals surface area (Å²) in [6.45, 7) is 12.3. The van der Waals surface area contributed by atoms with Crippen molar-refractivity contribution >= 4 is 0 Å². The smallest absolute Gasteiger partial charge is 0.151 e. The first-order chi connectivity index (χ1) is 8.45. The van der Waals surface area contributed by atoms with Crippen LogP contribution in [0.2, 0.25) is 0 Å². The second-order valence-corrected chi connectivity index (χ2v) is 3.56. The Morgan fingerprint density at radius 2 is 1.28 bits per heavy atom. The Morgan fingerprint density at radius 1 is 0.833 bits per heavy atom. The second-order valence-electron chi connectivity index (χ2n) is 3.56. The third-order valence-corrected chi connectivity index (χ3v) is 1.52. The normalized spacial score (nSPS) is 11.2. The minimum absolute atomic E-state index is 0.319. The fourth-order valence-electron chi connectivity index (χ4n) is 0.751. The number of hydrogen-bond acceptors (Lipinski definition) is 5. The van der Waals surface area contributed by atoms with Crippen molar-refractivity contribution in [3.8, 4) is 0 Å². The zero-order valence-electron chi connectivity index (χ0n) is 12.6. The van der Waals surface area contributed by atoms with Gasteiger partial charge in [-0.05, 0) is 34.1 Å². The first kappa shape index (κ1) is 22.9. The molecule has 0 aromatic rings. The van der Waals surface area contributed by atoms with Gasteiger partial charge in [-0.15, -0.1) is 0 Å². The molecular formula is C13H32O5. The second kappa shape index (κ2) is 22.0. The molecular weight excluding hydrogens is 236 g/mol. The zero-order valence-corrected chi connectivity index (χ0v) is 12.6. The molecule has 5 nitrogen and oxygen atoms in total. The van der Waals surface area contributed by atoms with Gasteiger partial charge in [0.2, 0.25) is 0 Å². The van der Waals surface area contributed by atoms with Crippen molar-refractivity contribution in [3.63, 3.8) is 0 Å². The van der Waals surface area contributed by atoms with Gasteiger partial charge in [0.05, 0.1) is 12.7 Å². The lowest BCUT2D eigenvalue weighted by atomic mass is 10.3. The van der Waals surface area contributed by atoms with Crippen LogP contribution in [0.25, 0.3) is 0 Å². The first-order valence-electron chi connectivity index (χ1n) is 6.65. The number of ether oxygens (including phenoxy) is 2. The van der Waals surface area contributed by atoms with E-state index in [0.29, 0.717) is 19.6 Å². The number of rotatable bonds is 7. The van der Waals surface area contributed by atoms with E-state index >= 15 is 0 Å². The Balaban J connectivity index is -0.000000190. The summed E-state index contributed by atoms with van der Waals surface area (Å²) in [4.78, 5) is 0. The summed E-state index contributed by atoms with van der Waals surface area (Å²) < 4.78 is 9.68. The van der Waals surface area contributed by atoms with Crippen LogP contribution in [0.4, 0.5) is 0 Å². The van der Waals surface area contributed by atoms with Crippen LogP contribution >= 0.6 is 0 Å². The van der Waals surface area contributed by atoms with Gasteiger partial charge in [0.15, 0.2) is 6.29 Å². The quantitative estimate of drug-likeness (QED) is 0.610. The Morgan fingerprint density at radius 3 is 1.33 bits per heavy atom. The standard InChI is InChI=1S/C5H12O2.C4H10O2.C4H10O/c1-3-7-4-5(2)6;1-2-3-4(5)6;1-3-5-4-2/h5-6H,3-4H2,1-2H3;4-6H,2-3H2,1H3;3-4H2,1-2H3. The predicted octanol–water partition coefficient (Wildman–Crippen LogP) is 1.54. The number of aliphatic hydroxyl groups excluding tert-OH is 2. The maximum atomic E-state index is 8.56. The van der Waals surface area contributed by atoms with Crippen molar-refractivity contribution in [3.05, 3.63) is 0 Å². The van der Waals surface area contributed by atoms with Crippen LogP contribution in [-0.4, -0.2) is 54.1 Å². The van der Waals surface area contributed by atoms with Crippen LogP contribution in [-0.2, 0) is 9.47 Å². The molecule has 0 aliphatic rings.